The van der Waals surface area contributed by atoms with Gasteiger partial charge < -0.3 is 25.2 Å². The summed E-state index contributed by atoms with van der Waals surface area (Å²) in [6.45, 7) is 10.4. The molecule has 1 aromatic rings. The van der Waals surface area contributed by atoms with Crippen LogP contribution in [0.3, 0.4) is 0 Å². The number of guanidine groups is 1. The minimum Gasteiger partial charge on any atom is -0.507 e. The maximum absolute atomic E-state index is 9.86. The van der Waals surface area contributed by atoms with Crippen LogP contribution < -0.4 is 10.6 Å². The van der Waals surface area contributed by atoms with Crippen molar-refractivity contribution in [3.63, 3.8) is 0 Å². The van der Waals surface area contributed by atoms with E-state index >= 15 is 0 Å². The summed E-state index contributed by atoms with van der Waals surface area (Å²) < 4.78 is 11.1. The van der Waals surface area contributed by atoms with Crippen LogP contribution in [-0.4, -0.2) is 50.1 Å². The Morgan fingerprint density at radius 2 is 2.04 bits per heavy atom. The minimum atomic E-state index is 0. The van der Waals surface area contributed by atoms with Crippen LogP contribution in [0.1, 0.15) is 36.5 Å². The molecule has 0 saturated carbocycles. The average molecular weight is 477 g/mol. The largest absolute Gasteiger partial charge is 0.507 e. The fraction of sp³-hybridized carbons (Fsp3) is 0.632. The van der Waals surface area contributed by atoms with Crippen molar-refractivity contribution in [2.45, 2.75) is 46.3 Å². The molecular formula is C19H32IN3O3. The number of halogens is 1. The summed E-state index contributed by atoms with van der Waals surface area (Å²) in [5.74, 6) is 1.17. The number of hydrogen-bond acceptors (Lipinski definition) is 4. The van der Waals surface area contributed by atoms with Crippen molar-refractivity contribution in [2.24, 2.45) is 4.99 Å². The highest BCUT2D eigenvalue weighted by Crippen LogP contribution is 2.23. The molecule has 1 aliphatic heterocycles. The predicted molar refractivity (Wildman–Crippen MR) is 116 cm³/mol. The third-order valence-corrected chi connectivity index (χ3v) is 4.17. The van der Waals surface area contributed by atoms with Gasteiger partial charge in [-0.05, 0) is 50.3 Å². The number of nitrogens with zero attached hydrogens (tertiary/aromatic N) is 1. The molecular weight excluding hydrogens is 445 g/mol. The molecule has 1 heterocycles. The molecule has 1 fully saturated rings. The monoisotopic (exact) mass is 477 g/mol. The van der Waals surface area contributed by atoms with Gasteiger partial charge in [-0.3, -0.25) is 0 Å². The summed E-state index contributed by atoms with van der Waals surface area (Å²) in [6.07, 6.45) is 2.20. The van der Waals surface area contributed by atoms with Gasteiger partial charge in [-0.15, -0.1) is 24.0 Å². The standard InChI is InChI=1S/C19H31N3O3.HI/c1-4-20-19(21-7-5-8-25-17-6-9-24-13-17)22-12-16-10-14(2)18(23)15(3)11-16;/h10-11,17,23H,4-9,12-13H2,1-3H3,(H2,20,21,22);1H. The number of phenols is 1. The normalized spacial score (nSPS) is 17.0. The molecule has 0 aliphatic carbocycles. The second kappa shape index (κ2) is 12.3. The molecule has 6 nitrogen and oxygen atoms in total. The van der Waals surface area contributed by atoms with Crippen LogP contribution in [0.15, 0.2) is 17.1 Å². The Bertz CT molecular complexity index is 552. The molecule has 1 unspecified atom stereocenters. The van der Waals surface area contributed by atoms with Crippen molar-refractivity contribution in [1.82, 2.24) is 10.6 Å². The van der Waals surface area contributed by atoms with Gasteiger partial charge in [0.15, 0.2) is 5.96 Å². The highest BCUT2D eigenvalue weighted by molar-refractivity contribution is 14.0. The first-order valence-electron chi connectivity index (χ1n) is 9.10. The molecule has 1 saturated heterocycles. The number of aromatic hydroxyl groups is 1. The number of hydrogen-bond donors (Lipinski definition) is 3. The Labute approximate surface area is 173 Å². The van der Waals surface area contributed by atoms with Gasteiger partial charge >= 0.3 is 0 Å². The average Bonchev–Trinajstić information content (AvgIpc) is 3.10. The van der Waals surface area contributed by atoms with E-state index < -0.39 is 0 Å². The lowest BCUT2D eigenvalue weighted by Gasteiger charge is -2.13. The topological polar surface area (TPSA) is 75.1 Å². The van der Waals surface area contributed by atoms with Gasteiger partial charge in [0.1, 0.15) is 5.75 Å². The molecule has 26 heavy (non-hydrogen) atoms. The zero-order chi connectivity index (χ0) is 18.1. The van der Waals surface area contributed by atoms with Crippen molar-refractivity contribution < 1.29 is 14.6 Å². The van der Waals surface area contributed by atoms with E-state index in [2.05, 4.69) is 22.5 Å². The Morgan fingerprint density at radius 1 is 1.31 bits per heavy atom. The predicted octanol–water partition coefficient (Wildman–Crippen LogP) is 2.88. The first kappa shape index (κ1) is 23.0. The molecule has 2 rings (SSSR count). The van der Waals surface area contributed by atoms with Gasteiger partial charge in [0.2, 0.25) is 0 Å². The van der Waals surface area contributed by atoms with Gasteiger partial charge in [0, 0.05) is 26.3 Å². The number of ether oxygens (including phenoxy) is 2. The van der Waals surface area contributed by atoms with Crippen LogP contribution in [0.4, 0.5) is 0 Å². The van der Waals surface area contributed by atoms with Crippen molar-refractivity contribution >= 4 is 29.9 Å². The summed E-state index contributed by atoms with van der Waals surface area (Å²) in [6, 6.07) is 3.96. The second-order valence-electron chi connectivity index (χ2n) is 6.41. The fourth-order valence-corrected chi connectivity index (χ4v) is 2.82. The first-order chi connectivity index (χ1) is 12.1. The number of aryl methyl sites for hydroxylation is 2. The van der Waals surface area contributed by atoms with E-state index in [1.807, 2.05) is 26.0 Å². The van der Waals surface area contributed by atoms with Crippen molar-refractivity contribution in [2.75, 3.05) is 32.9 Å². The highest BCUT2D eigenvalue weighted by atomic mass is 127. The number of aliphatic imine (C=N–C) groups is 1. The molecule has 1 atom stereocenters. The number of rotatable bonds is 8. The molecule has 1 aromatic carbocycles. The molecule has 148 valence electrons. The van der Waals surface area contributed by atoms with E-state index in [0.29, 0.717) is 12.3 Å². The number of benzene rings is 1. The minimum absolute atomic E-state index is 0. The van der Waals surface area contributed by atoms with E-state index in [0.717, 1.165) is 68.4 Å². The Hall–Kier alpha value is -1.06. The summed E-state index contributed by atoms with van der Waals surface area (Å²) >= 11 is 0. The zero-order valence-corrected chi connectivity index (χ0v) is 18.3. The lowest BCUT2D eigenvalue weighted by atomic mass is 10.1. The molecule has 0 amide bonds. The Balaban J connectivity index is 0.00000338. The van der Waals surface area contributed by atoms with Crippen LogP contribution in [0.5, 0.6) is 5.75 Å². The molecule has 0 bridgehead atoms. The van der Waals surface area contributed by atoms with Gasteiger partial charge in [0.05, 0.1) is 19.3 Å². The van der Waals surface area contributed by atoms with E-state index in [1.54, 1.807) is 0 Å². The van der Waals surface area contributed by atoms with Gasteiger partial charge in [-0.25, -0.2) is 4.99 Å². The van der Waals surface area contributed by atoms with E-state index in [4.69, 9.17) is 9.47 Å². The number of phenolic OH excluding ortho intramolecular Hbond substituents is 1. The summed E-state index contributed by atoms with van der Waals surface area (Å²) in [5.41, 5.74) is 2.86. The SMILES string of the molecule is CCNC(=NCc1cc(C)c(O)c(C)c1)NCCCOC1CCOC1.I. The van der Waals surface area contributed by atoms with Gasteiger partial charge in [-0.1, -0.05) is 12.1 Å². The smallest absolute Gasteiger partial charge is 0.191 e. The highest BCUT2D eigenvalue weighted by Gasteiger charge is 2.15. The van der Waals surface area contributed by atoms with Crippen LogP contribution in [0.2, 0.25) is 0 Å². The lowest BCUT2D eigenvalue weighted by molar-refractivity contribution is 0.0420. The van der Waals surface area contributed by atoms with E-state index in [9.17, 15) is 5.11 Å². The number of nitrogens with one attached hydrogen (secondary N) is 2. The Kier molecular flexibility index (Phi) is 10.9. The lowest BCUT2D eigenvalue weighted by Crippen LogP contribution is -2.38. The van der Waals surface area contributed by atoms with Crippen LogP contribution in [0.25, 0.3) is 0 Å². The van der Waals surface area contributed by atoms with E-state index in [-0.39, 0.29) is 30.1 Å². The molecule has 0 spiro atoms. The molecule has 3 N–H and O–H groups in total. The maximum Gasteiger partial charge on any atom is 0.191 e. The third kappa shape index (κ3) is 7.67. The summed E-state index contributed by atoms with van der Waals surface area (Å²) in [5, 5.41) is 16.4. The van der Waals surface area contributed by atoms with Crippen molar-refractivity contribution in [1.29, 1.82) is 0 Å². The second-order valence-corrected chi connectivity index (χ2v) is 6.41. The third-order valence-electron chi connectivity index (χ3n) is 4.17. The quantitative estimate of drug-likeness (QED) is 0.233. The Morgan fingerprint density at radius 3 is 2.65 bits per heavy atom. The van der Waals surface area contributed by atoms with Gasteiger partial charge in [0.25, 0.3) is 0 Å². The van der Waals surface area contributed by atoms with Crippen LogP contribution >= 0.6 is 24.0 Å². The maximum atomic E-state index is 9.86. The molecule has 1 aliphatic rings. The summed E-state index contributed by atoms with van der Waals surface area (Å²) in [4.78, 5) is 4.62. The van der Waals surface area contributed by atoms with Crippen molar-refractivity contribution in [3.8, 4) is 5.75 Å². The molecule has 7 heteroatoms. The van der Waals surface area contributed by atoms with Crippen molar-refractivity contribution in [3.05, 3.63) is 28.8 Å². The zero-order valence-electron chi connectivity index (χ0n) is 16.0. The first-order valence-corrected chi connectivity index (χ1v) is 9.10. The fourth-order valence-electron chi connectivity index (χ4n) is 2.82. The van der Waals surface area contributed by atoms with Crippen LogP contribution in [0, 0.1) is 13.8 Å². The molecule has 0 aromatic heterocycles. The summed E-state index contributed by atoms with van der Waals surface area (Å²) in [7, 11) is 0. The van der Waals surface area contributed by atoms with Crippen LogP contribution in [-0.2, 0) is 16.0 Å². The van der Waals surface area contributed by atoms with E-state index in [1.165, 1.54) is 0 Å². The molecule has 0 radical (unpaired) electrons. The van der Waals surface area contributed by atoms with Gasteiger partial charge in [-0.2, -0.15) is 0 Å².